The molecule has 0 radical (unpaired) electrons. The minimum Gasteiger partial charge on any atom is -0.396 e. The van der Waals surface area contributed by atoms with Crippen molar-refractivity contribution >= 4 is 24.2 Å². The summed E-state index contributed by atoms with van der Waals surface area (Å²) >= 11 is 1.87. The van der Waals surface area contributed by atoms with Crippen LogP contribution in [0, 0.1) is 0 Å². The second kappa shape index (κ2) is 11.2. The molecule has 0 aliphatic rings. The zero-order valence-corrected chi connectivity index (χ0v) is 10.9. The van der Waals surface area contributed by atoms with Crippen LogP contribution in [-0.4, -0.2) is 34.7 Å². The Balaban J connectivity index is 0.00000225. The first-order valence-corrected chi connectivity index (χ1v) is 6.37. The van der Waals surface area contributed by atoms with Gasteiger partial charge in [0.05, 0.1) is 0 Å². The van der Waals surface area contributed by atoms with Crippen LogP contribution in [0.4, 0.5) is 0 Å². The van der Waals surface area contributed by atoms with Gasteiger partial charge < -0.3 is 10.4 Å². The van der Waals surface area contributed by atoms with Gasteiger partial charge in [-0.05, 0) is 23.8 Å². The van der Waals surface area contributed by atoms with Crippen molar-refractivity contribution in [3.05, 3.63) is 30.1 Å². The van der Waals surface area contributed by atoms with Crippen molar-refractivity contribution in [2.75, 3.05) is 24.7 Å². The van der Waals surface area contributed by atoms with Crippen molar-refractivity contribution in [1.82, 2.24) is 10.3 Å². The van der Waals surface area contributed by atoms with Gasteiger partial charge in [-0.1, -0.05) is 6.07 Å². The van der Waals surface area contributed by atoms with E-state index in [1.807, 2.05) is 24.0 Å². The van der Waals surface area contributed by atoms with Gasteiger partial charge in [-0.15, -0.1) is 12.4 Å². The highest BCUT2D eigenvalue weighted by Gasteiger charge is 1.92. The monoisotopic (exact) mass is 262 g/mol. The van der Waals surface area contributed by atoms with Gasteiger partial charge in [0.1, 0.15) is 0 Å². The summed E-state index contributed by atoms with van der Waals surface area (Å²) in [6.07, 6.45) is 4.56. The highest BCUT2D eigenvalue weighted by atomic mass is 35.5. The average molecular weight is 263 g/mol. The molecule has 0 unspecified atom stereocenters. The molecule has 0 saturated carbocycles. The third-order valence-electron chi connectivity index (χ3n) is 1.92. The molecule has 0 aromatic carbocycles. The summed E-state index contributed by atoms with van der Waals surface area (Å²) in [5.74, 6) is 2.14. The second-order valence-corrected chi connectivity index (χ2v) is 4.45. The largest absolute Gasteiger partial charge is 0.396 e. The molecule has 1 aromatic heterocycles. The van der Waals surface area contributed by atoms with E-state index in [9.17, 15) is 0 Å². The number of hydrogen-bond acceptors (Lipinski definition) is 4. The molecule has 0 aliphatic heterocycles. The minimum absolute atomic E-state index is 0. The Morgan fingerprint density at radius 1 is 1.38 bits per heavy atom. The number of halogens is 1. The third kappa shape index (κ3) is 7.93. The van der Waals surface area contributed by atoms with Gasteiger partial charge in [-0.3, -0.25) is 4.98 Å². The molecular formula is C11H19ClN2OS. The summed E-state index contributed by atoms with van der Waals surface area (Å²) in [6.45, 7) is 2.19. The number of rotatable bonds is 8. The lowest BCUT2D eigenvalue weighted by molar-refractivity contribution is 0.296. The second-order valence-electron chi connectivity index (χ2n) is 3.23. The van der Waals surface area contributed by atoms with Crippen LogP contribution in [-0.2, 0) is 6.54 Å². The highest BCUT2D eigenvalue weighted by Crippen LogP contribution is 2.00. The van der Waals surface area contributed by atoms with E-state index < -0.39 is 0 Å². The van der Waals surface area contributed by atoms with Crippen molar-refractivity contribution in [3.63, 3.8) is 0 Å². The van der Waals surface area contributed by atoms with Gasteiger partial charge in [0.15, 0.2) is 0 Å². The zero-order valence-electron chi connectivity index (χ0n) is 9.26. The van der Waals surface area contributed by atoms with Crippen LogP contribution < -0.4 is 5.32 Å². The number of aliphatic hydroxyl groups excluding tert-OH is 1. The molecule has 0 saturated heterocycles. The van der Waals surface area contributed by atoms with Gasteiger partial charge in [-0.2, -0.15) is 11.8 Å². The van der Waals surface area contributed by atoms with Gasteiger partial charge in [0.2, 0.25) is 0 Å². The van der Waals surface area contributed by atoms with Gasteiger partial charge in [0, 0.05) is 37.8 Å². The number of nitrogens with one attached hydrogen (secondary N) is 1. The van der Waals surface area contributed by atoms with E-state index in [0.29, 0.717) is 6.61 Å². The fourth-order valence-electron chi connectivity index (χ4n) is 1.15. The van der Waals surface area contributed by atoms with Crippen molar-refractivity contribution in [2.24, 2.45) is 0 Å². The number of hydrogen-bond donors (Lipinski definition) is 2. The SMILES string of the molecule is Cl.OCCCSCCNCc1cccnc1. The number of pyridine rings is 1. The number of aromatic nitrogens is 1. The fourth-order valence-corrected chi connectivity index (χ4v) is 1.97. The zero-order chi connectivity index (χ0) is 10.8. The standard InChI is InChI=1S/C11H18N2OS.ClH/c14-6-2-7-15-8-5-13-10-11-3-1-4-12-9-11;/h1,3-4,9,13-14H,2,5-8,10H2;1H. The molecule has 0 fully saturated rings. The predicted molar refractivity (Wildman–Crippen MR) is 72.2 cm³/mol. The Morgan fingerprint density at radius 3 is 2.94 bits per heavy atom. The van der Waals surface area contributed by atoms with Crippen LogP contribution in [0.25, 0.3) is 0 Å². The Hall–Kier alpha value is -0.290. The van der Waals surface area contributed by atoms with E-state index in [0.717, 1.165) is 31.0 Å². The van der Waals surface area contributed by atoms with Crippen LogP contribution in [0.5, 0.6) is 0 Å². The first-order chi connectivity index (χ1) is 7.43. The van der Waals surface area contributed by atoms with Crippen LogP contribution in [0.3, 0.4) is 0 Å². The van der Waals surface area contributed by atoms with Crippen LogP contribution in [0.15, 0.2) is 24.5 Å². The average Bonchev–Trinajstić information content (AvgIpc) is 2.29. The Bertz CT molecular complexity index is 249. The van der Waals surface area contributed by atoms with Gasteiger partial charge >= 0.3 is 0 Å². The summed E-state index contributed by atoms with van der Waals surface area (Å²) in [5, 5.41) is 11.9. The number of aliphatic hydroxyl groups is 1. The molecule has 1 aromatic rings. The van der Waals surface area contributed by atoms with E-state index in [4.69, 9.17) is 5.11 Å². The van der Waals surface area contributed by atoms with Crippen LogP contribution in [0.2, 0.25) is 0 Å². The number of thioether (sulfide) groups is 1. The van der Waals surface area contributed by atoms with Crippen LogP contribution >= 0.6 is 24.2 Å². The molecule has 1 rings (SSSR count). The van der Waals surface area contributed by atoms with E-state index in [2.05, 4.69) is 16.4 Å². The Labute approximate surface area is 107 Å². The molecule has 16 heavy (non-hydrogen) atoms. The molecule has 92 valence electrons. The van der Waals surface area contributed by atoms with Crippen LogP contribution in [0.1, 0.15) is 12.0 Å². The summed E-state index contributed by atoms with van der Waals surface area (Å²) in [4.78, 5) is 4.05. The molecular weight excluding hydrogens is 244 g/mol. The lowest BCUT2D eigenvalue weighted by atomic mass is 10.3. The molecule has 0 amide bonds. The molecule has 0 bridgehead atoms. The molecule has 1 heterocycles. The van der Waals surface area contributed by atoms with E-state index in [1.54, 1.807) is 6.20 Å². The molecule has 5 heteroatoms. The fraction of sp³-hybridized carbons (Fsp3) is 0.545. The number of nitrogens with zero attached hydrogens (tertiary/aromatic N) is 1. The quantitative estimate of drug-likeness (QED) is 0.700. The summed E-state index contributed by atoms with van der Waals surface area (Å²) in [5.41, 5.74) is 1.22. The lowest BCUT2D eigenvalue weighted by Gasteiger charge is -2.03. The normalized spacial score (nSPS) is 9.81. The summed E-state index contributed by atoms with van der Waals surface area (Å²) in [6, 6.07) is 4.02. The smallest absolute Gasteiger partial charge is 0.0438 e. The van der Waals surface area contributed by atoms with E-state index >= 15 is 0 Å². The van der Waals surface area contributed by atoms with Crippen molar-refractivity contribution in [2.45, 2.75) is 13.0 Å². The van der Waals surface area contributed by atoms with Crippen molar-refractivity contribution in [3.8, 4) is 0 Å². The van der Waals surface area contributed by atoms with Gasteiger partial charge in [0.25, 0.3) is 0 Å². The minimum atomic E-state index is 0. The van der Waals surface area contributed by atoms with Gasteiger partial charge in [-0.25, -0.2) is 0 Å². The first kappa shape index (κ1) is 15.7. The Morgan fingerprint density at radius 2 is 2.25 bits per heavy atom. The molecule has 0 atom stereocenters. The summed E-state index contributed by atoms with van der Waals surface area (Å²) < 4.78 is 0. The summed E-state index contributed by atoms with van der Waals surface area (Å²) in [7, 11) is 0. The topological polar surface area (TPSA) is 45.1 Å². The predicted octanol–water partition coefficient (Wildman–Crippen LogP) is 1.71. The Kier molecular flexibility index (Phi) is 11.0. The third-order valence-corrected chi connectivity index (χ3v) is 2.99. The molecule has 0 aliphatic carbocycles. The first-order valence-electron chi connectivity index (χ1n) is 5.21. The lowest BCUT2D eigenvalue weighted by Crippen LogP contribution is -2.16. The van der Waals surface area contributed by atoms with E-state index in [1.165, 1.54) is 5.56 Å². The highest BCUT2D eigenvalue weighted by molar-refractivity contribution is 7.99. The maximum absolute atomic E-state index is 8.58. The van der Waals surface area contributed by atoms with Crippen molar-refractivity contribution in [1.29, 1.82) is 0 Å². The van der Waals surface area contributed by atoms with Crippen molar-refractivity contribution < 1.29 is 5.11 Å². The molecule has 3 nitrogen and oxygen atoms in total. The molecule has 0 spiro atoms. The maximum atomic E-state index is 8.58. The maximum Gasteiger partial charge on any atom is 0.0438 e. The van der Waals surface area contributed by atoms with E-state index in [-0.39, 0.29) is 12.4 Å². The molecule has 2 N–H and O–H groups in total.